The number of aryl methyl sites for hydroxylation is 1. The van der Waals surface area contributed by atoms with E-state index < -0.39 is 0 Å². The standard InChI is InChI=1S/C31H33N5O2S/c1-21-20-26(22(2)36(21)25-15-13-23(14-16-25)30(37)38-3)29-28(27-12-7-8-17-33-27)34-31(39)35(29)19-9-18-32-24-10-5-4-6-11-24/h4-8,10-17,20,28-29,32H,9,18-19H2,1-3H3,(H,34,39)/t28-,29-/m1/s1. The van der Waals surface area contributed by atoms with Crippen LogP contribution in [0.1, 0.15) is 51.5 Å². The third-order valence-electron chi connectivity index (χ3n) is 7.21. The van der Waals surface area contributed by atoms with Gasteiger partial charge in [0.2, 0.25) is 0 Å². The Kier molecular flexibility index (Phi) is 7.93. The van der Waals surface area contributed by atoms with Crippen LogP contribution in [0.25, 0.3) is 5.69 Å². The van der Waals surface area contributed by atoms with E-state index in [1.54, 1.807) is 12.1 Å². The summed E-state index contributed by atoms with van der Waals surface area (Å²) in [6.45, 7) is 5.89. The molecule has 0 unspecified atom stereocenters. The third-order valence-corrected chi connectivity index (χ3v) is 7.56. The Morgan fingerprint density at radius 3 is 2.49 bits per heavy atom. The van der Waals surface area contributed by atoms with Gasteiger partial charge in [-0.25, -0.2) is 4.79 Å². The van der Waals surface area contributed by atoms with E-state index in [0.29, 0.717) is 5.56 Å². The fraction of sp³-hybridized carbons (Fsp3) is 0.258. The van der Waals surface area contributed by atoms with Crippen molar-refractivity contribution in [2.24, 2.45) is 0 Å². The highest BCUT2D eigenvalue weighted by molar-refractivity contribution is 7.80. The van der Waals surface area contributed by atoms with E-state index in [4.69, 9.17) is 17.0 Å². The summed E-state index contributed by atoms with van der Waals surface area (Å²) in [5, 5.41) is 7.81. The molecule has 1 aliphatic heterocycles. The normalized spacial score (nSPS) is 16.7. The van der Waals surface area contributed by atoms with Crippen molar-refractivity contribution >= 4 is 29.0 Å². The molecule has 7 nitrogen and oxygen atoms in total. The van der Waals surface area contributed by atoms with Gasteiger partial charge in [-0.15, -0.1) is 0 Å². The van der Waals surface area contributed by atoms with Crippen LogP contribution >= 0.6 is 12.2 Å². The molecule has 2 N–H and O–H groups in total. The van der Waals surface area contributed by atoms with Gasteiger partial charge in [0.25, 0.3) is 0 Å². The van der Waals surface area contributed by atoms with E-state index in [0.717, 1.165) is 53.1 Å². The van der Waals surface area contributed by atoms with Gasteiger partial charge in [-0.2, -0.15) is 0 Å². The van der Waals surface area contributed by atoms with Crippen LogP contribution in [0, 0.1) is 13.8 Å². The van der Waals surface area contributed by atoms with Crippen LogP contribution in [0.15, 0.2) is 85.1 Å². The summed E-state index contributed by atoms with van der Waals surface area (Å²) in [6, 6.07) is 25.9. The predicted molar refractivity (Wildman–Crippen MR) is 158 cm³/mol. The lowest BCUT2D eigenvalue weighted by Crippen LogP contribution is -2.31. The number of methoxy groups -OCH3 is 1. The molecule has 0 amide bonds. The topological polar surface area (TPSA) is 71.4 Å². The molecule has 0 bridgehead atoms. The lowest BCUT2D eigenvalue weighted by atomic mass is 9.96. The molecule has 8 heteroatoms. The average Bonchev–Trinajstić information content (AvgIpc) is 3.45. The van der Waals surface area contributed by atoms with Gasteiger partial charge in [0.1, 0.15) is 0 Å². The molecule has 1 aliphatic rings. The molecule has 2 atom stereocenters. The largest absolute Gasteiger partial charge is 0.465 e. The summed E-state index contributed by atoms with van der Waals surface area (Å²) in [5.41, 5.74) is 7.03. The van der Waals surface area contributed by atoms with Crippen molar-refractivity contribution in [2.75, 3.05) is 25.5 Å². The van der Waals surface area contributed by atoms with E-state index in [1.807, 2.05) is 48.7 Å². The van der Waals surface area contributed by atoms with Crippen LogP contribution in [0.5, 0.6) is 0 Å². The molecule has 0 spiro atoms. The molecular weight excluding hydrogens is 506 g/mol. The minimum Gasteiger partial charge on any atom is -0.465 e. The second kappa shape index (κ2) is 11.7. The van der Waals surface area contributed by atoms with Gasteiger partial charge in [0.15, 0.2) is 5.11 Å². The number of hydrogen-bond acceptors (Lipinski definition) is 5. The lowest BCUT2D eigenvalue weighted by Gasteiger charge is -2.28. The first-order chi connectivity index (χ1) is 19.0. The maximum Gasteiger partial charge on any atom is 0.337 e. The highest BCUT2D eigenvalue weighted by Crippen LogP contribution is 2.41. The van der Waals surface area contributed by atoms with Gasteiger partial charge in [0, 0.05) is 42.0 Å². The van der Waals surface area contributed by atoms with Gasteiger partial charge in [-0.3, -0.25) is 4.98 Å². The molecule has 3 heterocycles. The van der Waals surface area contributed by atoms with Gasteiger partial charge in [-0.1, -0.05) is 24.3 Å². The Morgan fingerprint density at radius 1 is 1.05 bits per heavy atom. The first-order valence-electron chi connectivity index (χ1n) is 13.1. The fourth-order valence-electron chi connectivity index (χ4n) is 5.37. The van der Waals surface area contributed by atoms with Crippen molar-refractivity contribution in [1.29, 1.82) is 0 Å². The summed E-state index contributed by atoms with van der Waals surface area (Å²) >= 11 is 5.88. The first-order valence-corrected chi connectivity index (χ1v) is 13.5. The number of ether oxygens (including phenoxy) is 1. The zero-order valence-electron chi connectivity index (χ0n) is 22.4. The Bertz CT molecular complexity index is 1440. The Hall–Kier alpha value is -4.17. The van der Waals surface area contributed by atoms with Crippen molar-refractivity contribution < 1.29 is 9.53 Å². The second-order valence-corrected chi connectivity index (χ2v) is 10.1. The fourth-order valence-corrected chi connectivity index (χ4v) is 5.70. The molecule has 39 heavy (non-hydrogen) atoms. The lowest BCUT2D eigenvalue weighted by molar-refractivity contribution is 0.0600. The number of nitrogens with zero attached hydrogens (tertiary/aromatic N) is 3. The zero-order chi connectivity index (χ0) is 27.4. The molecule has 200 valence electrons. The molecule has 2 aromatic heterocycles. The minimum absolute atomic E-state index is 0.0154. The van der Waals surface area contributed by atoms with Crippen LogP contribution < -0.4 is 10.6 Å². The van der Waals surface area contributed by atoms with Crippen LogP contribution in [0.4, 0.5) is 5.69 Å². The Balaban J connectivity index is 1.45. The van der Waals surface area contributed by atoms with Crippen molar-refractivity contribution in [3.8, 4) is 5.69 Å². The van der Waals surface area contributed by atoms with Crippen molar-refractivity contribution in [2.45, 2.75) is 32.4 Å². The molecule has 0 saturated carbocycles. The Labute approximate surface area is 234 Å². The van der Waals surface area contributed by atoms with Crippen molar-refractivity contribution in [3.05, 3.63) is 113 Å². The molecular formula is C31H33N5O2S. The zero-order valence-corrected chi connectivity index (χ0v) is 23.2. The quantitative estimate of drug-likeness (QED) is 0.159. The molecule has 1 fully saturated rings. The van der Waals surface area contributed by atoms with Crippen molar-refractivity contribution in [3.63, 3.8) is 0 Å². The number of carbonyl (C=O) groups excluding carboxylic acids is 1. The number of carbonyl (C=O) groups is 1. The molecule has 0 aliphatic carbocycles. The summed E-state index contributed by atoms with van der Waals surface area (Å²) in [5.74, 6) is -0.343. The summed E-state index contributed by atoms with van der Waals surface area (Å²) < 4.78 is 7.09. The number of esters is 1. The molecule has 1 saturated heterocycles. The second-order valence-electron chi connectivity index (χ2n) is 9.67. The number of benzene rings is 2. The smallest absolute Gasteiger partial charge is 0.337 e. The molecule has 0 radical (unpaired) electrons. The van der Waals surface area contributed by atoms with Crippen LogP contribution in [0.2, 0.25) is 0 Å². The van der Waals surface area contributed by atoms with Crippen LogP contribution in [-0.4, -0.2) is 45.7 Å². The maximum atomic E-state index is 11.9. The van der Waals surface area contributed by atoms with E-state index in [9.17, 15) is 4.79 Å². The monoisotopic (exact) mass is 539 g/mol. The van der Waals surface area contributed by atoms with Crippen LogP contribution in [0.3, 0.4) is 0 Å². The third kappa shape index (κ3) is 5.52. The first kappa shape index (κ1) is 26.4. The average molecular weight is 540 g/mol. The van der Waals surface area contributed by atoms with Crippen LogP contribution in [-0.2, 0) is 4.74 Å². The number of nitrogens with one attached hydrogen (secondary N) is 2. The summed E-state index contributed by atoms with van der Waals surface area (Å²) in [7, 11) is 1.39. The van der Waals surface area contributed by atoms with Crippen molar-refractivity contribution in [1.82, 2.24) is 19.8 Å². The van der Waals surface area contributed by atoms with E-state index in [1.165, 1.54) is 12.7 Å². The molecule has 5 rings (SSSR count). The number of rotatable bonds is 9. The number of aromatic nitrogens is 2. The number of thiocarbonyl (C=S) groups is 1. The number of para-hydroxylation sites is 1. The number of hydrogen-bond donors (Lipinski definition) is 2. The minimum atomic E-state index is -0.343. The maximum absolute atomic E-state index is 11.9. The van der Waals surface area contributed by atoms with E-state index >= 15 is 0 Å². The highest BCUT2D eigenvalue weighted by atomic mass is 32.1. The van der Waals surface area contributed by atoms with Gasteiger partial charge in [-0.05, 0) is 92.6 Å². The van der Waals surface area contributed by atoms with Gasteiger partial charge >= 0.3 is 5.97 Å². The van der Waals surface area contributed by atoms with E-state index in [2.05, 4.69) is 63.2 Å². The Morgan fingerprint density at radius 2 is 1.79 bits per heavy atom. The predicted octanol–water partition coefficient (Wildman–Crippen LogP) is 5.75. The molecule has 4 aromatic rings. The summed E-state index contributed by atoms with van der Waals surface area (Å²) in [6.07, 6.45) is 2.76. The van der Waals surface area contributed by atoms with Gasteiger partial charge < -0.3 is 24.8 Å². The number of pyridine rings is 1. The van der Waals surface area contributed by atoms with Gasteiger partial charge in [0.05, 0.1) is 30.5 Å². The SMILES string of the molecule is COC(=O)c1ccc(-n2c(C)cc([C@@H]3[C@@H](c4ccccn4)NC(=S)N3CCCNc3ccccc3)c2C)cc1. The summed E-state index contributed by atoms with van der Waals surface area (Å²) in [4.78, 5) is 18.9. The molecule has 2 aromatic carbocycles. The number of anilines is 1. The van der Waals surface area contributed by atoms with E-state index in [-0.39, 0.29) is 18.1 Å². The highest BCUT2D eigenvalue weighted by Gasteiger charge is 2.41.